The average Bonchev–Trinajstić information content (AvgIpc) is 4.13. The number of aliphatic hydroxyl groups excluding tert-OH is 13. The summed E-state index contributed by atoms with van der Waals surface area (Å²) in [7, 11) is 0. The number of carbonyl (C=O) groups is 4. The minimum Gasteiger partial charge on any atom is -0.466 e. The molecule has 6 aliphatic heterocycles. The Hall–Kier alpha value is -2.80. The van der Waals surface area contributed by atoms with Gasteiger partial charge < -0.3 is 129 Å². The maximum Gasteiger partial charge on any atom is 1.00 e. The van der Waals surface area contributed by atoms with Crippen LogP contribution in [0.4, 0.5) is 0 Å². The Morgan fingerprint density at radius 3 is 1.13 bits per heavy atom. The van der Waals surface area contributed by atoms with Crippen LogP contribution in [0.3, 0.4) is 0 Å². The zero-order valence-electron chi connectivity index (χ0n) is 44.5. The molecule has 0 bridgehead atoms. The second kappa shape index (κ2) is 37.9. The number of fused-ring (bicyclic) bond motifs is 2. The molecule has 0 spiro atoms. The van der Waals surface area contributed by atoms with Gasteiger partial charge in [-0.25, -0.2) is 0 Å². The molecule has 6 rings (SSSR count). The van der Waals surface area contributed by atoms with Crippen molar-refractivity contribution in [2.45, 2.75) is 183 Å². The predicted molar refractivity (Wildman–Crippen MR) is 253 cm³/mol. The summed E-state index contributed by atoms with van der Waals surface area (Å²) in [6.45, 7) is 11.2. The monoisotopic (exact) mass is 1100 g/mol. The summed E-state index contributed by atoms with van der Waals surface area (Å²) in [6, 6.07) is 0. The van der Waals surface area contributed by atoms with Crippen LogP contribution in [0.1, 0.15) is 81.5 Å². The van der Waals surface area contributed by atoms with Gasteiger partial charge >= 0.3 is 19.3 Å². The normalized spacial score (nSPS) is 33.3. The fourth-order valence-electron chi connectivity index (χ4n) is 7.10. The maximum atomic E-state index is 11.3. The standard InChI is InChI=1S/2C12H20O6.C7H12O3.C5H12O5.2C5H10O4.H2O/c2*1-3-15-10(14)4-5-12(2)17-7-9-11(18-12)8(13)6-16-9;1-3-10-7(9)5-4-6(2)8;6-1-3(8)5(10)4(9)2-7;2*6-1-4-5(8)3(7)2-9-4;/h2*8-9,11,13H,3-7H2,1-2H3;3-5H2,1-2H3;3-10H,1-2H2;2*3-8H,1-2H2;1H2/p+1/t2*8-,9+,11+,12?;;3-,4+,5?;2*3-,4+,5+;/m10..10./s1. The Balaban J connectivity index is 0. The molecule has 29 nitrogen and oxygen atoms in total. The summed E-state index contributed by atoms with van der Waals surface area (Å²) in [5, 5.41) is 114. The van der Waals surface area contributed by atoms with E-state index in [4.69, 9.17) is 104 Å². The number of hydrogen-bond donors (Lipinski definition) is 13. The van der Waals surface area contributed by atoms with E-state index in [0.717, 1.165) is 0 Å². The number of aliphatic hydroxyl groups is 13. The van der Waals surface area contributed by atoms with Crippen molar-refractivity contribution in [1.29, 1.82) is 0 Å². The molecule has 6 fully saturated rings. The van der Waals surface area contributed by atoms with Crippen LogP contribution in [0, 0.1) is 0 Å². The number of Topliss-reactive ketones (excluding diaryl/α,β-unsaturated/α-hetero) is 1. The number of carbonyl (C=O) groups excluding carboxylic acids is 4. The van der Waals surface area contributed by atoms with Crippen LogP contribution in [0.2, 0.25) is 0 Å². The lowest BCUT2D eigenvalue weighted by Gasteiger charge is -2.40. The van der Waals surface area contributed by atoms with Crippen LogP contribution in [0.25, 0.3) is 0 Å². The third-order valence-electron chi connectivity index (χ3n) is 11.5. The van der Waals surface area contributed by atoms with Gasteiger partial charge in [-0.2, -0.15) is 0 Å². The Morgan fingerprint density at radius 2 is 0.867 bits per heavy atom. The van der Waals surface area contributed by atoms with E-state index in [1.807, 2.05) is 0 Å². The molecular formula is C46H87O29+. The van der Waals surface area contributed by atoms with E-state index in [1.165, 1.54) is 6.92 Å². The van der Waals surface area contributed by atoms with Crippen LogP contribution >= 0.6 is 0 Å². The van der Waals surface area contributed by atoms with Crippen molar-refractivity contribution >= 4 is 23.7 Å². The number of ketones is 1. The first-order valence-electron chi connectivity index (χ1n) is 24.5. The van der Waals surface area contributed by atoms with E-state index in [0.29, 0.717) is 52.3 Å². The first kappa shape index (κ1) is 72.2. The van der Waals surface area contributed by atoms with Crippen molar-refractivity contribution in [2.75, 3.05) is 85.9 Å². The summed E-state index contributed by atoms with van der Waals surface area (Å²) in [4.78, 5) is 43.5. The third kappa shape index (κ3) is 26.6. The fourth-order valence-corrected chi connectivity index (χ4v) is 7.10. The van der Waals surface area contributed by atoms with Gasteiger partial charge in [-0.1, -0.05) is 0 Å². The molecule has 75 heavy (non-hydrogen) atoms. The van der Waals surface area contributed by atoms with Crippen LogP contribution < -0.4 is 0 Å². The largest absolute Gasteiger partial charge is 1.00 e. The number of hydrogen-bond acceptors (Lipinski definition) is 28. The molecule has 6 aliphatic rings. The number of ether oxygens (including phenoxy) is 11. The zero-order chi connectivity index (χ0) is 56.2. The molecule has 29 heteroatoms. The molecule has 6 heterocycles. The van der Waals surface area contributed by atoms with Crippen molar-refractivity contribution in [2.24, 2.45) is 0 Å². The van der Waals surface area contributed by atoms with Gasteiger partial charge in [0.2, 0.25) is 0 Å². The van der Waals surface area contributed by atoms with Crippen LogP contribution in [-0.4, -0.2) is 285 Å². The Labute approximate surface area is 436 Å². The van der Waals surface area contributed by atoms with E-state index in [-0.39, 0.29) is 114 Å². The Morgan fingerprint density at radius 1 is 0.533 bits per heavy atom. The van der Waals surface area contributed by atoms with Gasteiger partial charge in [0, 0.05) is 19.3 Å². The lowest BCUT2D eigenvalue weighted by atomic mass is 10.1. The van der Waals surface area contributed by atoms with Gasteiger partial charge in [-0.05, 0) is 41.5 Å². The smallest absolute Gasteiger partial charge is 0.466 e. The molecule has 0 aromatic heterocycles. The van der Waals surface area contributed by atoms with Gasteiger partial charge in [-0.3, -0.25) is 14.4 Å². The highest BCUT2D eigenvalue weighted by molar-refractivity contribution is 5.80. The van der Waals surface area contributed by atoms with Gasteiger partial charge in [0.1, 0.15) is 97.3 Å². The summed E-state index contributed by atoms with van der Waals surface area (Å²) in [5.41, 5.74) is 0. The molecular weight excluding hydrogens is 1020 g/mol. The topological polar surface area (TPSA) is 464 Å². The average molecular weight is 1100 g/mol. The van der Waals surface area contributed by atoms with Crippen molar-refractivity contribution in [3.63, 3.8) is 0 Å². The Bertz CT molecular complexity index is 1480. The first-order valence-corrected chi connectivity index (χ1v) is 24.5. The molecule has 15 N–H and O–H groups in total. The minimum absolute atomic E-state index is 0. The van der Waals surface area contributed by atoms with E-state index >= 15 is 0 Å². The molecule has 6 saturated heterocycles. The Kier molecular flexibility index (Phi) is 36.5. The van der Waals surface area contributed by atoms with E-state index in [2.05, 4.69) is 4.74 Å². The third-order valence-corrected chi connectivity index (χ3v) is 11.5. The highest BCUT2D eigenvalue weighted by atomic mass is 16.7. The lowest BCUT2D eigenvalue weighted by Crippen LogP contribution is -2.51. The SMILES string of the molecule is CCOC(=O)CCC(C)=O.CCOC(=O)CCC1(C)OC[C@@H]2OC[C@@H](O)[C@@H]2O1.CCOC(=O)CCC1(C)OC[C@H]2OC[C@H](O)[C@H]2O1.O.OC[C@@H](O)C(O)[C@@H](O)CO.OC[C@@H]1OC[C@@H](O)[C@@H]1O.OC[C@H]1OC[C@H](O)[C@H]1O.[H+]. The van der Waals surface area contributed by atoms with Gasteiger partial charge in [0.25, 0.3) is 0 Å². The number of esters is 3. The second-order valence-corrected chi connectivity index (χ2v) is 17.8. The molecule has 0 aromatic carbocycles. The summed E-state index contributed by atoms with van der Waals surface area (Å²) >= 11 is 0. The van der Waals surface area contributed by atoms with E-state index in [1.54, 1.807) is 34.6 Å². The van der Waals surface area contributed by atoms with E-state index in [9.17, 15) is 29.4 Å². The molecule has 3 unspecified atom stereocenters. The minimum atomic E-state index is -1.49. The molecule has 0 aromatic rings. The fraction of sp³-hybridized carbons (Fsp3) is 0.913. The molecule has 0 amide bonds. The van der Waals surface area contributed by atoms with Gasteiger partial charge in [0.05, 0.1) is 105 Å². The quantitative estimate of drug-likeness (QED) is 0.0449. The van der Waals surface area contributed by atoms with Crippen LogP contribution in [-0.2, 0) is 71.3 Å². The van der Waals surface area contributed by atoms with Crippen molar-refractivity contribution in [3.05, 3.63) is 0 Å². The second-order valence-electron chi connectivity index (χ2n) is 17.8. The van der Waals surface area contributed by atoms with Crippen LogP contribution in [0.15, 0.2) is 0 Å². The van der Waals surface area contributed by atoms with Gasteiger partial charge in [-0.15, -0.1) is 0 Å². The highest BCUT2D eigenvalue weighted by Crippen LogP contribution is 2.34. The molecule has 17 atom stereocenters. The number of rotatable bonds is 18. The summed E-state index contributed by atoms with van der Waals surface area (Å²) in [5.74, 6) is -2.52. The van der Waals surface area contributed by atoms with Crippen molar-refractivity contribution < 1.29 is 145 Å². The molecule has 0 aliphatic carbocycles. The van der Waals surface area contributed by atoms with Crippen molar-refractivity contribution in [3.8, 4) is 0 Å². The van der Waals surface area contributed by atoms with E-state index < -0.39 is 91.9 Å². The van der Waals surface area contributed by atoms with Crippen LogP contribution in [0.5, 0.6) is 0 Å². The highest BCUT2D eigenvalue weighted by Gasteiger charge is 2.48. The maximum absolute atomic E-state index is 11.3. The molecule has 0 saturated carbocycles. The zero-order valence-corrected chi connectivity index (χ0v) is 43.5. The molecule has 444 valence electrons. The summed E-state index contributed by atoms with van der Waals surface area (Å²) in [6.07, 6.45) is -9.62. The lowest BCUT2D eigenvalue weighted by molar-refractivity contribution is -0.311. The first-order chi connectivity index (χ1) is 34.9. The molecule has 0 radical (unpaired) electrons. The van der Waals surface area contributed by atoms with Gasteiger partial charge in [0.15, 0.2) is 11.6 Å². The predicted octanol–water partition coefficient (Wildman–Crippen LogP) is -6.10. The van der Waals surface area contributed by atoms with Crippen molar-refractivity contribution in [1.82, 2.24) is 0 Å². The summed E-state index contributed by atoms with van der Waals surface area (Å²) < 4.78 is 57.2.